The van der Waals surface area contributed by atoms with Gasteiger partial charge in [-0.25, -0.2) is 4.98 Å². The molecule has 1 fully saturated rings. The van der Waals surface area contributed by atoms with E-state index >= 15 is 0 Å². The molecule has 1 unspecified atom stereocenters. The Morgan fingerprint density at radius 1 is 1.60 bits per heavy atom. The molecule has 2 heterocycles. The molecule has 3 nitrogen and oxygen atoms in total. The molecule has 0 bridgehead atoms. The molecule has 1 aliphatic heterocycles. The molecule has 0 aromatic carbocycles. The molecule has 15 heavy (non-hydrogen) atoms. The first kappa shape index (κ1) is 10.7. The van der Waals surface area contributed by atoms with Crippen molar-refractivity contribution in [3.63, 3.8) is 0 Å². The molecule has 4 heteroatoms. The second-order valence-corrected chi connectivity index (χ2v) is 4.17. The van der Waals surface area contributed by atoms with Gasteiger partial charge in [0.15, 0.2) is 0 Å². The van der Waals surface area contributed by atoms with Crippen LogP contribution in [-0.2, 0) is 5.88 Å². The average Bonchev–Trinajstić information content (AvgIpc) is 2.77. The summed E-state index contributed by atoms with van der Waals surface area (Å²) >= 11 is 5.86. The number of anilines is 1. The van der Waals surface area contributed by atoms with E-state index in [2.05, 4.69) is 9.88 Å². The maximum absolute atomic E-state index is 9.08. The Morgan fingerprint density at radius 3 is 3.13 bits per heavy atom. The van der Waals surface area contributed by atoms with Crippen molar-refractivity contribution in [2.45, 2.75) is 12.3 Å². The van der Waals surface area contributed by atoms with Gasteiger partial charge in [-0.15, -0.1) is 11.6 Å². The number of hydrogen-bond acceptors (Lipinski definition) is 3. The van der Waals surface area contributed by atoms with Crippen LogP contribution < -0.4 is 4.90 Å². The van der Waals surface area contributed by atoms with Crippen molar-refractivity contribution in [1.29, 1.82) is 0 Å². The maximum Gasteiger partial charge on any atom is 0.132 e. The highest BCUT2D eigenvalue weighted by Crippen LogP contribution is 2.25. The number of aromatic nitrogens is 1. The zero-order valence-electron chi connectivity index (χ0n) is 8.56. The summed E-state index contributed by atoms with van der Waals surface area (Å²) in [5.41, 5.74) is 1.07. The van der Waals surface area contributed by atoms with Crippen molar-refractivity contribution in [3.05, 3.63) is 23.9 Å². The van der Waals surface area contributed by atoms with Gasteiger partial charge in [-0.05, 0) is 12.5 Å². The topological polar surface area (TPSA) is 36.4 Å². The van der Waals surface area contributed by atoms with Crippen LogP contribution in [-0.4, -0.2) is 29.8 Å². The van der Waals surface area contributed by atoms with Gasteiger partial charge < -0.3 is 10.0 Å². The van der Waals surface area contributed by atoms with Gasteiger partial charge in [-0.2, -0.15) is 0 Å². The summed E-state index contributed by atoms with van der Waals surface area (Å²) in [4.78, 5) is 6.57. The minimum absolute atomic E-state index is 0.263. The number of nitrogens with zero attached hydrogens (tertiary/aromatic N) is 2. The van der Waals surface area contributed by atoms with Gasteiger partial charge in [-0.3, -0.25) is 0 Å². The van der Waals surface area contributed by atoms with Crippen LogP contribution >= 0.6 is 11.6 Å². The SMILES string of the molecule is OCC1CCN(c2ncccc2CCl)C1. The molecular weight excluding hydrogens is 212 g/mol. The lowest BCUT2D eigenvalue weighted by atomic mass is 10.1. The van der Waals surface area contributed by atoms with Crippen LogP contribution in [0.3, 0.4) is 0 Å². The van der Waals surface area contributed by atoms with Gasteiger partial charge in [-0.1, -0.05) is 6.07 Å². The first-order chi connectivity index (χ1) is 7.35. The molecule has 1 atom stereocenters. The van der Waals surface area contributed by atoms with Crippen molar-refractivity contribution >= 4 is 17.4 Å². The lowest BCUT2D eigenvalue weighted by molar-refractivity contribution is 0.238. The summed E-state index contributed by atoms with van der Waals surface area (Å²) in [6, 6.07) is 3.91. The van der Waals surface area contributed by atoms with E-state index < -0.39 is 0 Å². The molecule has 1 saturated heterocycles. The molecule has 1 aromatic heterocycles. The Kier molecular flexibility index (Phi) is 3.44. The Balaban J connectivity index is 2.16. The summed E-state index contributed by atoms with van der Waals surface area (Å²) in [5, 5.41) is 9.08. The van der Waals surface area contributed by atoms with Crippen LogP contribution in [0.25, 0.3) is 0 Å². The van der Waals surface area contributed by atoms with E-state index in [1.54, 1.807) is 6.20 Å². The van der Waals surface area contributed by atoms with E-state index in [-0.39, 0.29) is 6.61 Å². The largest absolute Gasteiger partial charge is 0.396 e. The van der Waals surface area contributed by atoms with Crippen LogP contribution in [0.15, 0.2) is 18.3 Å². The van der Waals surface area contributed by atoms with E-state index in [1.165, 1.54) is 0 Å². The fourth-order valence-electron chi connectivity index (χ4n) is 1.99. The number of aliphatic hydroxyl groups is 1. The molecule has 1 aliphatic rings. The highest BCUT2D eigenvalue weighted by Gasteiger charge is 2.23. The quantitative estimate of drug-likeness (QED) is 0.797. The zero-order valence-corrected chi connectivity index (χ0v) is 9.32. The van der Waals surface area contributed by atoms with E-state index in [1.807, 2.05) is 12.1 Å². The zero-order chi connectivity index (χ0) is 10.7. The third-order valence-corrected chi connectivity index (χ3v) is 3.14. The van der Waals surface area contributed by atoms with Crippen LogP contribution in [0.1, 0.15) is 12.0 Å². The van der Waals surface area contributed by atoms with E-state index in [9.17, 15) is 0 Å². The third-order valence-electron chi connectivity index (χ3n) is 2.86. The lowest BCUT2D eigenvalue weighted by Crippen LogP contribution is -2.22. The van der Waals surface area contributed by atoms with Gasteiger partial charge >= 0.3 is 0 Å². The summed E-state index contributed by atoms with van der Waals surface area (Å²) in [5.74, 6) is 1.85. The predicted octanol–water partition coefficient (Wildman–Crippen LogP) is 1.64. The minimum Gasteiger partial charge on any atom is -0.396 e. The monoisotopic (exact) mass is 226 g/mol. The highest BCUT2D eigenvalue weighted by molar-refractivity contribution is 6.17. The molecule has 0 radical (unpaired) electrons. The standard InChI is InChI=1S/C11H15ClN2O/c12-6-10-2-1-4-13-11(10)14-5-3-9(7-14)8-15/h1-2,4,9,15H,3,5-8H2. The normalized spacial score (nSPS) is 20.9. The van der Waals surface area contributed by atoms with Crippen molar-refractivity contribution < 1.29 is 5.11 Å². The molecule has 1 aromatic rings. The number of aliphatic hydroxyl groups excluding tert-OH is 1. The Bertz CT molecular complexity index is 332. The molecular formula is C11H15ClN2O. The summed E-state index contributed by atoms with van der Waals surface area (Å²) < 4.78 is 0. The lowest BCUT2D eigenvalue weighted by Gasteiger charge is -2.19. The first-order valence-corrected chi connectivity index (χ1v) is 5.74. The summed E-state index contributed by atoms with van der Waals surface area (Å²) in [6.45, 7) is 2.11. The Labute approximate surface area is 94.7 Å². The average molecular weight is 227 g/mol. The van der Waals surface area contributed by atoms with Crippen molar-refractivity contribution in [2.75, 3.05) is 24.6 Å². The molecule has 82 valence electrons. The molecule has 2 rings (SSSR count). The smallest absolute Gasteiger partial charge is 0.132 e. The number of pyridine rings is 1. The first-order valence-electron chi connectivity index (χ1n) is 5.20. The van der Waals surface area contributed by atoms with Gasteiger partial charge in [0, 0.05) is 37.4 Å². The van der Waals surface area contributed by atoms with Crippen molar-refractivity contribution in [3.8, 4) is 0 Å². The maximum atomic E-state index is 9.08. The third kappa shape index (κ3) is 2.24. The molecule has 1 N–H and O–H groups in total. The number of alkyl halides is 1. The number of rotatable bonds is 3. The summed E-state index contributed by atoms with van der Waals surface area (Å²) in [7, 11) is 0. The molecule has 0 amide bonds. The van der Waals surface area contributed by atoms with Gasteiger partial charge in [0.25, 0.3) is 0 Å². The fourth-order valence-corrected chi connectivity index (χ4v) is 2.20. The van der Waals surface area contributed by atoms with Crippen LogP contribution in [0, 0.1) is 5.92 Å². The van der Waals surface area contributed by atoms with Crippen molar-refractivity contribution in [1.82, 2.24) is 4.98 Å². The van der Waals surface area contributed by atoms with Gasteiger partial charge in [0.2, 0.25) is 0 Å². The van der Waals surface area contributed by atoms with E-state index in [4.69, 9.17) is 16.7 Å². The second kappa shape index (κ2) is 4.81. The van der Waals surface area contributed by atoms with Gasteiger partial charge in [0.1, 0.15) is 5.82 Å². The number of halogens is 1. The highest BCUT2D eigenvalue weighted by atomic mass is 35.5. The Hall–Kier alpha value is -0.800. The van der Waals surface area contributed by atoms with E-state index in [0.29, 0.717) is 11.8 Å². The minimum atomic E-state index is 0.263. The molecule has 0 aliphatic carbocycles. The van der Waals surface area contributed by atoms with Crippen LogP contribution in [0.5, 0.6) is 0 Å². The number of hydrogen-bond donors (Lipinski definition) is 1. The molecule has 0 saturated carbocycles. The summed E-state index contributed by atoms with van der Waals surface area (Å²) in [6.07, 6.45) is 2.83. The van der Waals surface area contributed by atoms with Gasteiger partial charge in [0.05, 0.1) is 5.88 Å². The van der Waals surface area contributed by atoms with Crippen LogP contribution in [0.2, 0.25) is 0 Å². The Morgan fingerprint density at radius 2 is 2.47 bits per heavy atom. The van der Waals surface area contributed by atoms with E-state index in [0.717, 1.165) is 30.9 Å². The van der Waals surface area contributed by atoms with Crippen LogP contribution in [0.4, 0.5) is 5.82 Å². The molecule has 0 spiro atoms. The van der Waals surface area contributed by atoms with Crippen molar-refractivity contribution in [2.24, 2.45) is 5.92 Å². The predicted molar refractivity (Wildman–Crippen MR) is 61.2 cm³/mol. The fraction of sp³-hybridized carbons (Fsp3) is 0.545. The second-order valence-electron chi connectivity index (χ2n) is 3.90.